The van der Waals surface area contributed by atoms with Gasteiger partial charge >= 0.3 is 5.97 Å². The number of hydrogen-bond donors (Lipinski definition) is 1. The largest absolute Gasteiger partial charge is 0.462 e. The number of aromatic nitrogens is 2. The van der Waals surface area contributed by atoms with E-state index in [2.05, 4.69) is 9.97 Å². The summed E-state index contributed by atoms with van der Waals surface area (Å²) in [5.74, 6) is -0.459. The van der Waals surface area contributed by atoms with E-state index >= 15 is 0 Å². The van der Waals surface area contributed by atoms with Gasteiger partial charge in [0.25, 0.3) is 0 Å². The molecular weight excluding hydrogens is 312 g/mol. The van der Waals surface area contributed by atoms with Crippen molar-refractivity contribution in [3.8, 4) is 0 Å². The zero-order valence-electron chi connectivity index (χ0n) is 13.7. The molecule has 1 atom stereocenters. The van der Waals surface area contributed by atoms with Crippen LogP contribution in [0.5, 0.6) is 0 Å². The lowest BCUT2D eigenvalue weighted by molar-refractivity contribution is 0.0525. The van der Waals surface area contributed by atoms with Gasteiger partial charge in [-0.1, -0.05) is 17.8 Å². The maximum atomic E-state index is 12.7. The van der Waals surface area contributed by atoms with E-state index in [1.54, 1.807) is 27.0 Å². The van der Waals surface area contributed by atoms with E-state index in [-0.39, 0.29) is 11.0 Å². The van der Waals surface area contributed by atoms with Crippen LogP contribution in [0.2, 0.25) is 0 Å². The summed E-state index contributed by atoms with van der Waals surface area (Å²) in [6.45, 7) is 7.43. The minimum absolute atomic E-state index is 0.0585. The van der Waals surface area contributed by atoms with Crippen molar-refractivity contribution in [3.63, 3.8) is 0 Å². The Morgan fingerprint density at radius 3 is 2.70 bits per heavy atom. The Morgan fingerprint density at radius 1 is 1.35 bits per heavy atom. The molecule has 2 rings (SSSR count). The number of aromatic amines is 1. The molecule has 0 aliphatic carbocycles. The molecule has 0 aliphatic heterocycles. The highest BCUT2D eigenvalue weighted by atomic mass is 32.2. The van der Waals surface area contributed by atoms with Crippen LogP contribution in [0, 0.1) is 13.8 Å². The number of nitrogens with zero attached hydrogens (tertiary/aromatic N) is 1. The maximum absolute atomic E-state index is 12.7. The van der Waals surface area contributed by atoms with Crippen LogP contribution in [0.4, 0.5) is 0 Å². The Bertz CT molecular complexity index is 710. The number of thioether (sulfide) groups is 1. The second kappa shape index (κ2) is 7.46. The van der Waals surface area contributed by atoms with Crippen LogP contribution in [-0.4, -0.2) is 33.6 Å². The molecule has 2 aromatic rings. The van der Waals surface area contributed by atoms with Crippen molar-refractivity contribution >= 4 is 23.5 Å². The molecule has 0 amide bonds. The Hall–Kier alpha value is -2.08. The smallest absolute Gasteiger partial charge is 0.340 e. The molecule has 23 heavy (non-hydrogen) atoms. The third-order valence-electron chi connectivity index (χ3n) is 3.47. The predicted molar refractivity (Wildman–Crippen MR) is 90.1 cm³/mol. The van der Waals surface area contributed by atoms with E-state index in [9.17, 15) is 9.59 Å². The van der Waals surface area contributed by atoms with E-state index in [1.807, 2.05) is 25.1 Å². The lowest BCUT2D eigenvalue weighted by Crippen LogP contribution is -2.15. The number of pyridine rings is 1. The molecule has 0 radical (unpaired) electrons. The normalized spacial score (nSPS) is 12.0. The van der Waals surface area contributed by atoms with Gasteiger partial charge in [-0.05, 0) is 45.4 Å². The molecule has 2 aromatic heterocycles. The number of hydrogen-bond acceptors (Lipinski definition) is 5. The van der Waals surface area contributed by atoms with E-state index in [0.29, 0.717) is 29.1 Å². The van der Waals surface area contributed by atoms with Gasteiger partial charge in [-0.25, -0.2) is 9.78 Å². The fourth-order valence-corrected chi connectivity index (χ4v) is 3.23. The predicted octanol–water partition coefficient (Wildman–Crippen LogP) is 3.57. The van der Waals surface area contributed by atoms with Crippen molar-refractivity contribution in [2.45, 2.75) is 38.0 Å². The standard InChI is InChI=1S/C17H20N2O3S/c1-5-22-17(21)14-10(2)15(19-11(14)3)16(20)12(4)23-13-8-6-7-9-18-13/h6-9,12,19H,5H2,1-4H3/t12-/m1/s1. The monoisotopic (exact) mass is 332 g/mol. The van der Waals surface area contributed by atoms with E-state index < -0.39 is 5.97 Å². The van der Waals surface area contributed by atoms with Crippen LogP contribution < -0.4 is 0 Å². The number of rotatable bonds is 6. The van der Waals surface area contributed by atoms with Gasteiger partial charge in [-0.2, -0.15) is 0 Å². The quantitative estimate of drug-likeness (QED) is 0.497. The molecular formula is C17H20N2O3S. The highest BCUT2D eigenvalue weighted by molar-refractivity contribution is 8.00. The molecule has 0 spiro atoms. The number of nitrogens with one attached hydrogen (secondary N) is 1. The van der Waals surface area contributed by atoms with Gasteiger partial charge in [0.1, 0.15) is 0 Å². The first kappa shape index (κ1) is 17.3. The summed E-state index contributed by atoms with van der Waals surface area (Å²) in [6.07, 6.45) is 1.70. The molecule has 0 unspecified atom stereocenters. The van der Waals surface area contributed by atoms with Crippen molar-refractivity contribution in [2.24, 2.45) is 0 Å². The first-order chi connectivity index (χ1) is 11.0. The van der Waals surface area contributed by atoms with E-state index in [1.165, 1.54) is 11.8 Å². The lowest BCUT2D eigenvalue weighted by Gasteiger charge is -2.09. The summed E-state index contributed by atoms with van der Waals surface area (Å²) in [5.41, 5.74) is 2.20. The number of aryl methyl sites for hydroxylation is 1. The summed E-state index contributed by atoms with van der Waals surface area (Å²) in [4.78, 5) is 32.0. The molecule has 0 saturated heterocycles. The van der Waals surface area contributed by atoms with Gasteiger partial charge < -0.3 is 9.72 Å². The minimum Gasteiger partial charge on any atom is -0.462 e. The van der Waals surface area contributed by atoms with Crippen molar-refractivity contribution in [3.05, 3.63) is 46.9 Å². The molecule has 2 heterocycles. The van der Waals surface area contributed by atoms with Crippen LogP contribution >= 0.6 is 11.8 Å². The zero-order chi connectivity index (χ0) is 17.0. The Morgan fingerprint density at radius 2 is 2.09 bits per heavy atom. The highest BCUT2D eigenvalue weighted by Gasteiger charge is 2.26. The van der Waals surface area contributed by atoms with Crippen molar-refractivity contribution in [1.29, 1.82) is 0 Å². The molecule has 0 fully saturated rings. The van der Waals surface area contributed by atoms with Gasteiger partial charge in [0.15, 0.2) is 5.78 Å². The second-order valence-electron chi connectivity index (χ2n) is 5.14. The van der Waals surface area contributed by atoms with Crippen LogP contribution in [-0.2, 0) is 4.74 Å². The molecule has 5 nitrogen and oxygen atoms in total. The third kappa shape index (κ3) is 3.82. The molecule has 0 bridgehead atoms. The number of ether oxygens (including phenoxy) is 1. The van der Waals surface area contributed by atoms with Gasteiger partial charge in [-0.3, -0.25) is 4.79 Å². The molecule has 6 heteroatoms. The average Bonchev–Trinajstić information content (AvgIpc) is 2.82. The Labute approximate surface area is 139 Å². The summed E-state index contributed by atoms with van der Waals surface area (Å²) in [5, 5.41) is 0.483. The summed E-state index contributed by atoms with van der Waals surface area (Å²) in [6, 6.07) is 5.58. The number of Topliss-reactive ketones (excluding diaryl/α,β-unsaturated/α-hetero) is 1. The SMILES string of the molecule is CCOC(=O)c1c(C)[nH]c(C(=O)[C@@H](C)Sc2ccccn2)c1C. The highest BCUT2D eigenvalue weighted by Crippen LogP contribution is 2.26. The first-order valence-corrected chi connectivity index (χ1v) is 8.31. The van der Waals surface area contributed by atoms with Crippen LogP contribution in [0.1, 0.15) is 46.0 Å². The molecule has 122 valence electrons. The number of H-pyrrole nitrogens is 1. The summed E-state index contributed by atoms with van der Waals surface area (Å²) in [7, 11) is 0. The number of ketones is 1. The number of esters is 1. The van der Waals surface area contributed by atoms with Crippen LogP contribution in [0.25, 0.3) is 0 Å². The topological polar surface area (TPSA) is 72.1 Å². The van der Waals surface area contributed by atoms with Gasteiger partial charge in [0, 0.05) is 11.9 Å². The van der Waals surface area contributed by atoms with Gasteiger partial charge in [-0.15, -0.1) is 0 Å². The van der Waals surface area contributed by atoms with Gasteiger partial charge in [0.05, 0.1) is 28.1 Å². The van der Waals surface area contributed by atoms with Crippen LogP contribution in [0.15, 0.2) is 29.4 Å². The summed E-state index contributed by atoms with van der Waals surface area (Å²) < 4.78 is 5.05. The number of carbonyl (C=O) groups is 2. The van der Waals surface area contributed by atoms with Crippen molar-refractivity contribution in [1.82, 2.24) is 9.97 Å². The fraction of sp³-hybridized carbons (Fsp3) is 0.353. The second-order valence-corrected chi connectivity index (χ2v) is 6.50. The first-order valence-electron chi connectivity index (χ1n) is 7.43. The van der Waals surface area contributed by atoms with Crippen LogP contribution in [0.3, 0.4) is 0 Å². The molecule has 1 N–H and O–H groups in total. The van der Waals surface area contributed by atoms with Gasteiger partial charge in [0.2, 0.25) is 0 Å². The summed E-state index contributed by atoms with van der Waals surface area (Å²) >= 11 is 1.39. The fourth-order valence-electron chi connectivity index (χ4n) is 2.36. The molecule has 0 saturated carbocycles. The Balaban J connectivity index is 2.22. The third-order valence-corrected chi connectivity index (χ3v) is 4.52. The minimum atomic E-state index is -0.400. The lowest BCUT2D eigenvalue weighted by atomic mass is 10.1. The zero-order valence-corrected chi connectivity index (χ0v) is 14.5. The number of carbonyl (C=O) groups excluding carboxylic acids is 2. The van der Waals surface area contributed by atoms with Crippen molar-refractivity contribution in [2.75, 3.05) is 6.61 Å². The van der Waals surface area contributed by atoms with Crippen molar-refractivity contribution < 1.29 is 14.3 Å². The molecule has 0 aliphatic rings. The van der Waals surface area contributed by atoms with E-state index in [0.717, 1.165) is 5.03 Å². The Kier molecular flexibility index (Phi) is 5.60. The molecule has 0 aromatic carbocycles. The average molecular weight is 332 g/mol. The van der Waals surface area contributed by atoms with E-state index in [4.69, 9.17) is 4.74 Å². The maximum Gasteiger partial charge on any atom is 0.340 e.